The lowest BCUT2D eigenvalue weighted by atomic mass is 10.0. The predicted octanol–water partition coefficient (Wildman–Crippen LogP) is 9.66. The minimum absolute atomic E-state index is 0.0362. The molecule has 0 N–H and O–H groups in total. The highest BCUT2D eigenvalue weighted by Gasteiger charge is 2.31. The van der Waals surface area contributed by atoms with Gasteiger partial charge in [-0.3, -0.25) is 9.59 Å². The van der Waals surface area contributed by atoms with Gasteiger partial charge in [-0.05, 0) is 74.5 Å². The standard InChI is InChI=1S/C38H21F3N6O2S3/c1-18-3-8-21(9-4-18)47(22-10-5-19(2)6-11-22)30-14-13-29(50-30)27-16-24-25(31-33(27)45-51-43-31)17-28(35-32(24)44-52-46-35)42-34-23-12-7-20(38(39,40)41)15-26(23)36(48)37(34)49/h3-17H,1-2H3/b42-34-. The smallest absolute Gasteiger partial charge is 0.302 e. The first kappa shape index (κ1) is 32.2. The Hall–Kier alpha value is -5.70. The second-order valence-corrected chi connectivity index (χ2v) is 14.5. The molecule has 3 heterocycles. The molecule has 0 fully saturated rings. The van der Waals surface area contributed by atoms with E-state index in [0.717, 1.165) is 67.8 Å². The number of benzene rings is 5. The van der Waals surface area contributed by atoms with Crippen molar-refractivity contribution in [3.63, 3.8) is 0 Å². The number of anilines is 3. The normalized spacial score (nSPS) is 12.6. The van der Waals surface area contributed by atoms with Crippen LogP contribution in [0.15, 0.2) is 106 Å². The van der Waals surface area contributed by atoms with Crippen LogP contribution in [0.4, 0.5) is 35.2 Å². The molecule has 0 radical (unpaired) electrons. The van der Waals surface area contributed by atoms with Gasteiger partial charge >= 0.3 is 6.18 Å². The fourth-order valence-electron chi connectivity index (χ4n) is 6.40. The van der Waals surface area contributed by atoms with Crippen molar-refractivity contribution in [1.29, 1.82) is 0 Å². The summed E-state index contributed by atoms with van der Waals surface area (Å²) in [7, 11) is 0. The number of rotatable bonds is 5. The van der Waals surface area contributed by atoms with Crippen molar-refractivity contribution in [2.75, 3.05) is 4.90 Å². The first-order valence-electron chi connectivity index (χ1n) is 15.8. The van der Waals surface area contributed by atoms with Crippen LogP contribution in [0, 0.1) is 13.8 Å². The average molecular weight is 747 g/mol. The number of aryl methyl sites for hydroxylation is 2. The molecule has 0 aliphatic carbocycles. The van der Waals surface area contributed by atoms with Crippen LogP contribution in [-0.4, -0.2) is 17.5 Å². The summed E-state index contributed by atoms with van der Waals surface area (Å²) in [5, 5.41) is 1.87. The number of hydrogen-bond donors (Lipinski definition) is 0. The highest BCUT2D eigenvalue weighted by Crippen LogP contribution is 2.45. The number of fused-ring (bicyclic) bond motifs is 6. The van der Waals surface area contributed by atoms with Crippen LogP contribution >= 0.6 is 34.8 Å². The highest BCUT2D eigenvalue weighted by molar-refractivity contribution is 7.19. The van der Waals surface area contributed by atoms with Gasteiger partial charge in [0.25, 0.3) is 5.43 Å². The molecule has 14 heteroatoms. The molecule has 0 amide bonds. The van der Waals surface area contributed by atoms with E-state index in [1.54, 1.807) is 17.4 Å². The van der Waals surface area contributed by atoms with Crippen LogP contribution in [0.5, 0.6) is 0 Å². The van der Waals surface area contributed by atoms with Gasteiger partial charge in [0, 0.05) is 43.4 Å². The molecular formula is C38H21F3N6O2S3. The Morgan fingerprint density at radius 3 is 1.87 bits per heavy atom. The van der Waals surface area contributed by atoms with Crippen molar-refractivity contribution in [3.8, 4) is 10.4 Å². The molecule has 9 aromatic rings. The van der Waals surface area contributed by atoms with Crippen LogP contribution in [0.1, 0.15) is 16.7 Å². The lowest BCUT2D eigenvalue weighted by molar-refractivity contribution is -0.137. The van der Waals surface area contributed by atoms with E-state index >= 15 is 0 Å². The van der Waals surface area contributed by atoms with E-state index in [4.69, 9.17) is 0 Å². The lowest BCUT2D eigenvalue weighted by Gasteiger charge is -2.24. The van der Waals surface area contributed by atoms with Crippen LogP contribution < -0.4 is 21.1 Å². The first-order valence-corrected chi connectivity index (χ1v) is 18.1. The molecule has 254 valence electrons. The molecule has 0 saturated carbocycles. The molecule has 0 aliphatic rings. The Kier molecular flexibility index (Phi) is 7.40. The average Bonchev–Trinajstić information content (AvgIpc) is 3.95. The third-order valence-corrected chi connectivity index (χ3v) is 11.2. The number of nitrogens with zero attached hydrogens (tertiary/aromatic N) is 6. The summed E-state index contributed by atoms with van der Waals surface area (Å²) < 4.78 is 58.6. The zero-order valence-corrected chi connectivity index (χ0v) is 29.5. The maximum absolute atomic E-state index is 13.4. The number of halogens is 3. The highest BCUT2D eigenvalue weighted by atomic mass is 32.1. The van der Waals surface area contributed by atoms with Gasteiger partial charge in [0.05, 0.1) is 34.7 Å². The molecule has 0 bridgehead atoms. The van der Waals surface area contributed by atoms with E-state index in [9.17, 15) is 22.8 Å². The summed E-state index contributed by atoms with van der Waals surface area (Å²) in [6, 6.07) is 27.3. The third kappa shape index (κ3) is 5.21. The first-order chi connectivity index (χ1) is 25.0. The minimum Gasteiger partial charge on any atom is -0.302 e. The predicted molar refractivity (Wildman–Crippen MR) is 202 cm³/mol. The number of thiophene rings is 1. The molecule has 6 aromatic carbocycles. The molecular weight excluding hydrogens is 726 g/mol. The Morgan fingerprint density at radius 1 is 0.615 bits per heavy atom. The fraction of sp³-hybridized carbons (Fsp3) is 0.0789. The monoisotopic (exact) mass is 746 g/mol. The quantitative estimate of drug-likeness (QED) is 0.162. The van der Waals surface area contributed by atoms with Gasteiger partial charge in [0.15, 0.2) is 0 Å². The third-order valence-electron chi connectivity index (χ3n) is 9.01. The van der Waals surface area contributed by atoms with Gasteiger partial charge in [-0.25, -0.2) is 4.99 Å². The van der Waals surface area contributed by atoms with Crippen molar-refractivity contribution in [1.82, 2.24) is 17.5 Å². The SMILES string of the molecule is Cc1ccc(N(c2ccc(C)cc2)c2ccc(-c3cc4c(cc(/N=c5\c(=O)c(=O)c6cc(C(F)(F)F)ccc56)c5nsnc54)c4nsnc34)s2)cc1. The summed E-state index contributed by atoms with van der Waals surface area (Å²) in [5.41, 5.74) is 4.61. The van der Waals surface area contributed by atoms with Crippen LogP contribution in [0.25, 0.3) is 54.1 Å². The zero-order chi connectivity index (χ0) is 35.9. The number of aromatic nitrogens is 4. The van der Waals surface area contributed by atoms with E-state index in [1.807, 2.05) is 6.07 Å². The molecule has 9 rings (SSSR count). The Morgan fingerprint density at radius 2 is 1.21 bits per heavy atom. The second-order valence-electron chi connectivity index (χ2n) is 12.4. The largest absolute Gasteiger partial charge is 0.416 e. The molecule has 0 aliphatic heterocycles. The van der Waals surface area contributed by atoms with E-state index in [1.165, 1.54) is 11.1 Å². The van der Waals surface area contributed by atoms with Gasteiger partial charge in [-0.1, -0.05) is 41.5 Å². The van der Waals surface area contributed by atoms with Gasteiger partial charge in [-0.2, -0.15) is 30.7 Å². The fourth-order valence-corrected chi connectivity index (χ4v) is 8.60. The van der Waals surface area contributed by atoms with Crippen LogP contribution in [0.3, 0.4) is 0 Å². The molecule has 0 spiro atoms. The molecule has 0 atom stereocenters. The zero-order valence-electron chi connectivity index (χ0n) is 27.0. The summed E-state index contributed by atoms with van der Waals surface area (Å²) in [4.78, 5) is 33.6. The maximum atomic E-state index is 13.4. The summed E-state index contributed by atoms with van der Waals surface area (Å²) in [5.74, 6) is 0. The molecule has 0 saturated heterocycles. The van der Waals surface area contributed by atoms with E-state index < -0.39 is 22.6 Å². The van der Waals surface area contributed by atoms with E-state index in [0.29, 0.717) is 33.5 Å². The van der Waals surface area contributed by atoms with E-state index in [-0.39, 0.29) is 21.8 Å². The molecule has 52 heavy (non-hydrogen) atoms. The topological polar surface area (TPSA) is 101 Å². The van der Waals surface area contributed by atoms with Crippen LogP contribution in [-0.2, 0) is 6.18 Å². The van der Waals surface area contributed by atoms with Crippen molar-refractivity contribution >= 4 is 100 Å². The summed E-state index contributed by atoms with van der Waals surface area (Å²) >= 11 is 3.64. The number of hydrogen-bond acceptors (Lipinski definition) is 11. The maximum Gasteiger partial charge on any atom is 0.416 e. The number of alkyl halides is 3. The van der Waals surface area contributed by atoms with Crippen LogP contribution in [0.2, 0.25) is 0 Å². The Balaban J connectivity index is 1.22. The second kappa shape index (κ2) is 11.9. The Bertz CT molecular complexity index is 2990. The van der Waals surface area contributed by atoms with Gasteiger partial charge in [-0.15, -0.1) is 11.3 Å². The van der Waals surface area contributed by atoms with E-state index in [2.05, 4.69) is 102 Å². The van der Waals surface area contributed by atoms with Gasteiger partial charge in [0.2, 0.25) is 5.43 Å². The van der Waals surface area contributed by atoms with Crippen molar-refractivity contribution < 1.29 is 13.2 Å². The lowest BCUT2D eigenvalue weighted by Crippen LogP contribution is -2.30. The summed E-state index contributed by atoms with van der Waals surface area (Å²) in [6.07, 6.45) is -4.67. The molecule has 3 aromatic heterocycles. The Labute approximate surface area is 303 Å². The van der Waals surface area contributed by atoms with Gasteiger partial charge < -0.3 is 4.90 Å². The molecule has 0 unspecified atom stereocenters. The molecule has 8 nitrogen and oxygen atoms in total. The van der Waals surface area contributed by atoms with Crippen molar-refractivity contribution in [3.05, 3.63) is 133 Å². The summed E-state index contributed by atoms with van der Waals surface area (Å²) in [6.45, 7) is 4.12. The van der Waals surface area contributed by atoms with Crippen molar-refractivity contribution in [2.24, 2.45) is 4.99 Å². The van der Waals surface area contributed by atoms with Crippen molar-refractivity contribution in [2.45, 2.75) is 20.0 Å². The van der Waals surface area contributed by atoms with Gasteiger partial charge in [0.1, 0.15) is 32.4 Å². The minimum atomic E-state index is -4.67.